The van der Waals surface area contributed by atoms with Crippen LogP contribution >= 0.6 is 11.8 Å². The quantitative estimate of drug-likeness (QED) is 0.635. The molecule has 1 aliphatic heterocycles. The van der Waals surface area contributed by atoms with E-state index in [0.717, 1.165) is 11.8 Å². The number of morpholine rings is 1. The van der Waals surface area contributed by atoms with Crippen molar-refractivity contribution >= 4 is 17.7 Å². The standard InChI is InChI=1S/C15H16F3N5O2S/c16-15(17,18)13-20-21-14(23(13)19)26-11(10-4-2-1-3-5-10)12(24)22-6-8-25-9-7-22/h1-5,11H,6-9,19H2/t11-/m0/s1. The summed E-state index contributed by atoms with van der Waals surface area (Å²) in [6, 6.07) is 8.76. The Labute approximate surface area is 151 Å². The minimum atomic E-state index is -4.73. The average molecular weight is 387 g/mol. The zero-order valence-electron chi connectivity index (χ0n) is 13.5. The number of amides is 1. The van der Waals surface area contributed by atoms with E-state index in [1.807, 2.05) is 0 Å². The number of nitrogen functional groups attached to an aromatic ring is 1. The van der Waals surface area contributed by atoms with E-state index in [9.17, 15) is 18.0 Å². The van der Waals surface area contributed by atoms with Crippen LogP contribution < -0.4 is 5.84 Å². The van der Waals surface area contributed by atoms with Gasteiger partial charge in [0.1, 0.15) is 5.25 Å². The summed E-state index contributed by atoms with van der Waals surface area (Å²) in [5.74, 6) is 3.95. The topological polar surface area (TPSA) is 86.3 Å². The summed E-state index contributed by atoms with van der Waals surface area (Å²) in [5.41, 5.74) is 0.644. The van der Waals surface area contributed by atoms with Crippen molar-refractivity contribution in [3.05, 3.63) is 41.7 Å². The fourth-order valence-electron chi connectivity index (χ4n) is 2.49. The van der Waals surface area contributed by atoms with E-state index in [2.05, 4.69) is 10.2 Å². The molecule has 2 aromatic rings. The van der Waals surface area contributed by atoms with Gasteiger partial charge in [0.15, 0.2) is 0 Å². The normalized spacial score (nSPS) is 16.5. The SMILES string of the molecule is Nn1c(S[C@H](C(=O)N2CCOCC2)c2ccccc2)nnc1C(F)(F)F. The van der Waals surface area contributed by atoms with Gasteiger partial charge in [-0.05, 0) is 5.56 Å². The zero-order valence-corrected chi connectivity index (χ0v) is 14.3. The van der Waals surface area contributed by atoms with E-state index < -0.39 is 17.3 Å². The van der Waals surface area contributed by atoms with E-state index in [1.165, 1.54) is 0 Å². The Hall–Kier alpha value is -2.27. The second-order valence-corrected chi connectivity index (χ2v) is 6.59. The number of aromatic nitrogens is 3. The molecule has 1 aliphatic rings. The summed E-state index contributed by atoms with van der Waals surface area (Å²) >= 11 is 0.839. The first-order valence-corrected chi connectivity index (χ1v) is 8.61. The van der Waals surface area contributed by atoms with Crippen molar-refractivity contribution in [3.63, 3.8) is 0 Å². The van der Waals surface area contributed by atoms with Gasteiger partial charge in [0.05, 0.1) is 13.2 Å². The molecule has 1 fully saturated rings. The largest absolute Gasteiger partial charge is 0.453 e. The van der Waals surface area contributed by atoms with Crippen LogP contribution in [-0.4, -0.2) is 52.0 Å². The van der Waals surface area contributed by atoms with Gasteiger partial charge in [-0.3, -0.25) is 4.79 Å². The van der Waals surface area contributed by atoms with Gasteiger partial charge in [-0.15, -0.1) is 10.2 Å². The Morgan fingerprint density at radius 3 is 2.42 bits per heavy atom. The Kier molecular flexibility index (Phi) is 5.37. The molecule has 2 heterocycles. The van der Waals surface area contributed by atoms with Gasteiger partial charge in [0.25, 0.3) is 5.82 Å². The number of ether oxygens (including phenoxy) is 1. The third-order valence-corrected chi connectivity index (χ3v) is 4.99. The maximum Gasteiger partial charge on any atom is 0.453 e. The molecule has 1 atom stereocenters. The van der Waals surface area contributed by atoms with Crippen LogP contribution in [0.5, 0.6) is 0 Å². The van der Waals surface area contributed by atoms with Crippen molar-refractivity contribution in [1.82, 2.24) is 19.8 Å². The number of nitrogens with zero attached hydrogens (tertiary/aromatic N) is 4. The minimum absolute atomic E-state index is 0.187. The molecule has 0 spiro atoms. The van der Waals surface area contributed by atoms with Crippen molar-refractivity contribution in [2.24, 2.45) is 0 Å². The molecule has 1 aromatic carbocycles. The van der Waals surface area contributed by atoms with Crippen molar-refractivity contribution < 1.29 is 22.7 Å². The second kappa shape index (κ2) is 7.54. The number of benzene rings is 1. The molecular formula is C15H16F3N5O2S. The molecule has 0 aliphatic carbocycles. The van der Waals surface area contributed by atoms with Crippen molar-refractivity contribution in [3.8, 4) is 0 Å². The first-order chi connectivity index (χ1) is 12.4. The lowest BCUT2D eigenvalue weighted by Gasteiger charge is -2.30. The summed E-state index contributed by atoms with van der Waals surface area (Å²) in [6.07, 6.45) is -4.73. The predicted molar refractivity (Wildman–Crippen MR) is 87.6 cm³/mol. The lowest BCUT2D eigenvalue weighted by molar-refractivity contribution is -0.146. The number of thioether (sulfide) groups is 1. The van der Waals surface area contributed by atoms with Crippen LogP contribution in [0.1, 0.15) is 16.6 Å². The molecule has 1 amide bonds. The molecular weight excluding hydrogens is 371 g/mol. The highest BCUT2D eigenvalue weighted by molar-refractivity contribution is 8.00. The van der Waals surface area contributed by atoms with Crippen molar-refractivity contribution in [2.75, 3.05) is 32.1 Å². The summed E-state index contributed by atoms with van der Waals surface area (Å²) in [7, 11) is 0. The molecule has 0 saturated carbocycles. The highest BCUT2D eigenvalue weighted by Crippen LogP contribution is 2.37. The van der Waals surface area contributed by atoms with Crippen LogP contribution in [0.3, 0.4) is 0 Å². The number of hydrogen-bond acceptors (Lipinski definition) is 6. The Morgan fingerprint density at radius 2 is 1.85 bits per heavy atom. The van der Waals surface area contributed by atoms with Crippen LogP contribution in [0.4, 0.5) is 13.2 Å². The predicted octanol–water partition coefficient (Wildman–Crippen LogP) is 1.70. The van der Waals surface area contributed by atoms with Crippen molar-refractivity contribution in [2.45, 2.75) is 16.6 Å². The van der Waals surface area contributed by atoms with E-state index in [0.29, 0.717) is 36.5 Å². The molecule has 3 rings (SSSR count). The number of carbonyl (C=O) groups is 1. The number of halogens is 3. The van der Waals surface area contributed by atoms with E-state index in [-0.39, 0.29) is 11.1 Å². The molecule has 2 N–H and O–H groups in total. The van der Waals surface area contributed by atoms with Gasteiger partial charge in [-0.1, -0.05) is 42.1 Å². The molecule has 1 saturated heterocycles. The van der Waals surface area contributed by atoms with Gasteiger partial charge in [0, 0.05) is 13.1 Å². The van der Waals surface area contributed by atoms with Crippen LogP contribution in [-0.2, 0) is 15.7 Å². The molecule has 0 unspecified atom stereocenters. The first kappa shape index (κ1) is 18.5. The lowest BCUT2D eigenvalue weighted by atomic mass is 10.1. The van der Waals surface area contributed by atoms with Crippen LogP contribution in [0.2, 0.25) is 0 Å². The minimum Gasteiger partial charge on any atom is -0.378 e. The number of alkyl halides is 3. The molecule has 140 valence electrons. The molecule has 11 heteroatoms. The average Bonchev–Trinajstić information content (AvgIpc) is 3.01. The summed E-state index contributed by atoms with van der Waals surface area (Å²) in [6.45, 7) is 1.68. The van der Waals surface area contributed by atoms with Crippen LogP contribution in [0.15, 0.2) is 35.5 Å². The summed E-state index contributed by atoms with van der Waals surface area (Å²) < 4.78 is 44.2. The van der Waals surface area contributed by atoms with Gasteiger partial charge in [-0.2, -0.15) is 13.2 Å². The molecule has 0 bridgehead atoms. The second-order valence-electron chi connectivity index (χ2n) is 5.52. The third kappa shape index (κ3) is 3.93. The first-order valence-electron chi connectivity index (χ1n) is 7.73. The third-order valence-electron chi connectivity index (χ3n) is 3.79. The Morgan fingerprint density at radius 1 is 1.19 bits per heavy atom. The number of rotatable bonds is 4. The van der Waals surface area contributed by atoms with E-state index in [4.69, 9.17) is 10.6 Å². The Bertz CT molecular complexity index is 762. The fraction of sp³-hybridized carbons (Fsp3) is 0.400. The van der Waals surface area contributed by atoms with Gasteiger partial charge in [0.2, 0.25) is 11.1 Å². The highest BCUT2D eigenvalue weighted by atomic mass is 32.2. The van der Waals surface area contributed by atoms with Crippen LogP contribution in [0, 0.1) is 0 Å². The molecule has 1 aromatic heterocycles. The lowest BCUT2D eigenvalue weighted by Crippen LogP contribution is -2.42. The molecule has 0 radical (unpaired) electrons. The maximum atomic E-state index is 12.9. The molecule has 26 heavy (non-hydrogen) atoms. The summed E-state index contributed by atoms with van der Waals surface area (Å²) in [4.78, 5) is 14.6. The zero-order chi connectivity index (χ0) is 18.7. The molecule has 7 nitrogen and oxygen atoms in total. The highest BCUT2D eigenvalue weighted by Gasteiger charge is 2.39. The Balaban J connectivity index is 1.89. The van der Waals surface area contributed by atoms with Crippen molar-refractivity contribution in [1.29, 1.82) is 0 Å². The van der Waals surface area contributed by atoms with Gasteiger partial charge >= 0.3 is 6.18 Å². The van der Waals surface area contributed by atoms with Crippen LogP contribution in [0.25, 0.3) is 0 Å². The smallest absolute Gasteiger partial charge is 0.378 e. The number of nitrogens with two attached hydrogens (primary N) is 1. The van der Waals surface area contributed by atoms with E-state index in [1.54, 1.807) is 35.2 Å². The van der Waals surface area contributed by atoms with E-state index >= 15 is 0 Å². The fourth-order valence-corrected chi connectivity index (χ4v) is 3.54. The number of hydrogen-bond donors (Lipinski definition) is 1. The summed E-state index contributed by atoms with van der Waals surface area (Å²) in [5, 5.41) is 5.64. The maximum absolute atomic E-state index is 12.9. The number of carbonyl (C=O) groups excluding carboxylic acids is 1. The monoisotopic (exact) mass is 387 g/mol. The van der Waals surface area contributed by atoms with Gasteiger partial charge in [-0.25, -0.2) is 4.68 Å². The van der Waals surface area contributed by atoms with Gasteiger partial charge < -0.3 is 15.5 Å².